The normalized spacial score (nSPS) is 29.7. The second kappa shape index (κ2) is 17.4. The molecule has 2 saturated heterocycles. The molecule has 0 unspecified atom stereocenters. The molecule has 0 saturated carbocycles. The third kappa shape index (κ3) is 12.1. The molecule has 36 heavy (non-hydrogen) atoms. The topological polar surface area (TPSA) is 146 Å². The van der Waals surface area contributed by atoms with E-state index in [-0.39, 0.29) is 68.2 Å². The molecule has 0 aromatic heterocycles. The van der Waals surface area contributed by atoms with Crippen LogP contribution in [0.2, 0.25) is 0 Å². The molecule has 0 amide bonds. The van der Waals surface area contributed by atoms with Crippen molar-refractivity contribution in [2.45, 2.75) is 115 Å². The number of ether oxygens (including phenoxy) is 3. The summed E-state index contributed by atoms with van der Waals surface area (Å²) in [6.45, 7) is 6.07. The number of aliphatic hydroxyl groups excluding tert-OH is 3. The van der Waals surface area contributed by atoms with Gasteiger partial charge in [-0.1, -0.05) is 38.2 Å². The number of carboxylic acid groups (broad SMARTS) is 1. The smallest absolute Gasteiger partial charge is 0.330 e. The van der Waals surface area contributed by atoms with Crippen LogP contribution in [0.5, 0.6) is 0 Å². The third-order valence-corrected chi connectivity index (χ3v) is 7.09. The number of aliphatic carboxylic acids is 1. The molecule has 2 rings (SSSR count). The SMILES string of the molecule is C/C(=C\C(=O)OCCCCCCCCC(=O)O)C[C@@H]1OC[C@H](C[C@@H]2O[C@H]2[C@@H](C)[C@H](C)O)[C@@H](O)[C@H]1O.[Ca]. The van der Waals surface area contributed by atoms with Crippen LogP contribution in [0.4, 0.5) is 0 Å². The van der Waals surface area contributed by atoms with E-state index in [2.05, 4.69) is 0 Å². The quantitative estimate of drug-likeness (QED) is 0.0761. The average molecular weight is 541 g/mol. The van der Waals surface area contributed by atoms with Crippen molar-refractivity contribution in [3.8, 4) is 0 Å². The summed E-state index contributed by atoms with van der Waals surface area (Å²) in [5.41, 5.74) is 0.708. The first-order chi connectivity index (χ1) is 16.6. The van der Waals surface area contributed by atoms with Crippen molar-refractivity contribution in [1.82, 2.24) is 0 Å². The van der Waals surface area contributed by atoms with Gasteiger partial charge in [-0.3, -0.25) is 4.79 Å². The monoisotopic (exact) mass is 540 g/mol. The first-order valence-electron chi connectivity index (χ1n) is 13.0. The zero-order valence-electron chi connectivity index (χ0n) is 22.0. The molecule has 0 bridgehead atoms. The molecule has 4 N–H and O–H groups in total. The first-order valence-corrected chi connectivity index (χ1v) is 13.0. The molecule has 2 radical (unpaired) electrons. The zero-order valence-corrected chi connectivity index (χ0v) is 24.2. The van der Waals surface area contributed by atoms with Crippen LogP contribution in [-0.2, 0) is 23.8 Å². The number of carbonyl (C=O) groups is 2. The molecule has 0 aromatic carbocycles. The minimum atomic E-state index is -1.06. The fraction of sp³-hybridized carbons (Fsp3) is 0.846. The number of epoxide rings is 1. The standard InChI is InChI=1S/C26H44O9.Ca/c1-16(13-23(30)33-11-9-7-5-4-6-8-10-22(28)29)12-20-25(32)24(31)19(15-34-20)14-21-26(35-21)17(2)18(3)27;/h13,17-21,24-27,31-32H,4-12,14-15H2,1-3H3,(H,28,29);/b16-13+;/t17-,18-,19-,20-,21-,24+,25-,26-;/m0./s1. The molecule has 2 aliphatic rings. The Balaban J connectivity index is 0.00000648. The van der Waals surface area contributed by atoms with Crippen LogP contribution < -0.4 is 0 Å². The summed E-state index contributed by atoms with van der Waals surface area (Å²) in [6, 6.07) is 0. The molecule has 0 aliphatic carbocycles. The number of aliphatic hydroxyl groups is 3. The number of unbranched alkanes of at least 4 members (excludes halogenated alkanes) is 5. The van der Waals surface area contributed by atoms with Gasteiger partial charge in [0.2, 0.25) is 0 Å². The summed E-state index contributed by atoms with van der Waals surface area (Å²) in [5.74, 6) is -1.42. The van der Waals surface area contributed by atoms with Crippen LogP contribution in [-0.4, -0.2) is 120 Å². The minimum absolute atomic E-state index is 0. The van der Waals surface area contributed by atoms with Crippen molar-refractivity contribution in [1.29, 1.82) is 0 Å². The van der Waals surface area contributed by atoms with Gasteiger partial charge in [0, 0.05) is 62.1 Å². The maximum Gasteiger partial charge on any atom is 0.330 e. The fourth-order valence-electron chi connectivity index (χ4n) is 4.59. The van der Waals surface area contributed by atoms with Gasteiger partial charge in [-0.15, -0.1) is 0 Å². The van der Waals surface area contributed by atoms with E-state index in [4.69, 9.17) is 19.3 Å². The van der Waals surface area contributed by atoms with E-state index in [0.717, 1.165) is 32.1 Å². The second-order valence-corrected chi connectivity index (χ2v) is 10.2. The van der Waals surface area contributed by atoms with Gasteiger partial charge >= 0.3 is 11.9 Å². The van der Waals surface area contributed by atoms with E-state index in [9.17, 15) is 24.9 Å². The van der Waals surface area contributed by atoms with Gasteiger partial charge in [0.1, 0.15) is 6.10 Å². The number of carbonyl (C=O) groups excluding carboxylic acids is 1. The van der Waals surface area contributed by atoms with Crippen LogP contribution in [0, 0.1) is 11.8 Å². The van der Waals surface area contributed by atoms with Gasteiger partial charge in [-0.25, -0.2) is 4.79 Å². The number of rotatable bonds is 16. The third-order valence-electron chi connectivity index (χ3n) is 7.09. The van der Waals surface area contributed by atoms with Crippen molar-refractivity contribution in [2.75, 3.05) is 13.2 Å². The Morgan fingerprint density at radius 3 is 2.31 bits per heavy atom. The van der Waals surface area contributed by atoms with E-state index in [1.165, 1.54) is 6.08 Å². The van der Waals surface area contributed by atoms with Gasteiger partial charge in [-0.2, -0.15) is 0 Å². The number of hydrogen-bond donors (Lipinski definition) is 4. The van der Waals surface area contributed by atoms with E-state index < -0.39 is 36.4 Å². The summed E-state index contributed by atoms with van der Waals surface area (Å²) < 4.78 is 16.7. The maximum atomic E-state index is 12.1. The van der Waals surface area contributed by atoms with Crippen molar-refractivity contribution in [2.24, 2.45) is 11.8 Å². The summed E-state index contributed by atoms with van der Waals surface area (Å²) in [7, 11) is 0. The van der Waals surface area contributed by atoms with Gasteiger partial charge in [0.25, 0.3) is 0 Å². The van der Waals surface area contributed by atoms with E-state index >= 15 is 0 Å². The summed E-state index contributed by atoms with van der Waals surface area (Å²) in [5, 5.41) is 39.5. The number of carboxylic acids is 1. The molecule has 9 nitrogen and oxygen atoms in total. The molecular weight excluding hydrogens is 496 g/mol. The van der Waals surface area contributed by atoms with E-state index in [1.807, 2.05) is 6.92 Å². The molecular formula is C26H44CaO9. The summed E-state index contributed by atoms with van der Waals surface area (Å²) >= 11 is 0. The molecule has 0 spiro atoms. The van der Waals surface area contributed by atoms with Crippen LogP contribution in [0.1, 0.15) is 78.6 Å². The molecule has 8 atom stereocenters. The van der Waals surface area contributed by atoms with E-state index in [1.54, 1.807) is 13.8 Å². The number of hydrogen-bond acceptors (Lipinski definition) is 8. The Kier molecular flexibility index (Phi) is 16.3. The predicted molar refractivity (Wildman–Crippen MR) is 134 cm³/mol. The summed E-state index contributed by atoms with van der Waals surface area (Å²) in [4.78, 5) is 22.5. The van der Waals surface area contributed by atoms with Crippen LogP contribution >= 0.6 is 0 Å². The second-order valence-electron chi connectivity index (χ2n) is 10.2. The Hall–Kier alpha value is -0.260. The number of esters is 1. The Morgan fingerprint density at radius 1 is 1.03 bits per heavy atom. The maximum absolute atomic E-state index is 12.1. The van der Waals surface area contributed by atoms with E-state index in [0.29, 0.717) is 38.0 Å². The van der Waals surface area contributed by atoms with Crippen molar-refractivity contribution in [3.63, 3.8) is 0 Å². The molecule has 0 aromatic rings. The van der Waals surface area contributed by atoms with Crippen molar-refractivity contribution >= 4 is 49.7 Å². The van der Waals surface area contributed by atoms with Gasteiger partial charge < -0.3 is 34.6 Å². The molecule has 2 aliphatic heterocycles. The van der Waals surface area contributed by atoms with Gasteiger partial charge in [-0.05, 0) is 39.5 Å². The first kappa shape index (κ1) is 33.8. The molecule has 2 fully saturated rings. The summed E-state index contributed by atoms with van der Waals surface area (Å²) in [6.07, 6.45) is 4.61. The van der Waals surface area contributed by atoms with Crippen molar-refractivity contribution in [3.05, 3.63) is 11.6 Å². The van der Waals surface area contributed by atoms with Gasteiger partial charge in [0.05, 0.1) is 43.7 Å². The Bertz CT molecular complexity index is 699. The zero-order chi connectivity index (χ0) is 26.0. The molecule has 10 heteroatoms. The Morgan fingerprint density at radius 2 is 1.67 bits per heavy atom. The molecule has 2 heterocycles. The van der Waals surface area contributed by atoms with Crippen molar-refractivity contribution < 1.29 is 44.2 Å². The van der Waals surface area contributed by atoms with Crippen LogP contribution in [0.25, 0.3) is 0 Å². The minimum Gasteiger partial charge on any atom is -0.481 e. The van der Waals surface area contributed by atoms with Crippen LogP contribution in [0.3, 0.4) is 0 Å². The van der Waals surface area contributed by atoms with Crippen LogP contribution in [0.15, 0.2) is 11.6 Å². The Labute approximate surface area is 244 Å². The van der Waals surface area contributed by atoms with Gasteiger partial charge in [0.15, 0.2) is 0 Å². The average Bonchev–Trinajstić information content (AvgIpc) is 3.55. The largest absolute Gasteiger partial charge is 0.481 e. The fourth-order valence-corrected chi connectivity index (χ4v) is 4.59. The molecule has 204 valence electrons. The predicted octanol–water partition coefficient (Wildman–Crippen LogP) is 2.21.